The summed E-state index contributed by atoms with van der Waals surface area (Å²) in [7, 11) is 0. The quantitative estimate of drug-likeness (QED) is 0.863. The lowest BCUT2D eigenvalue weighted by Gasteiger charge is -2.02. The molecule has 2 N–H and O–H groups in total. The highest BCUT2D eigenvalue weighted by molar-refractivity contribution is 9.10. The average Bonchev–Trinajstić information content (AvgIpc) is 1.98. The fraction of sp³-hybridized carbons (Fsp3) is 0.125. The van der Waals surface area contributed by atoms with Gasteiger partial charge in [-0.15, -0.1) is 0 Å². The number of phenols is 1. The maximum atomic E-state index is 10.4. The molecule has 0 aromatic heterocycles. The van der Waals surface area contributed by atoms with Gasteiger partial charge in [0.15, 0.2) is 0 Å². The Kier molecular flexibility index (Phi) is 3.17. The number of aromatic hydroxyl groups is 1. The van der Waals surface area contributed by atoms with E-state index < -0.39 is 5.97 Å². The van der Waals surface area contributed by atoms with E-state index in [1.807, 2.05) is 0 Å². The summed E-state index contributed by atoms with van der Waals surface area (Å²) in [6.07, 6.45) is -0.113. The van der Waals surface area contributed by atoms with Gasteiger partial charge in [-0.25, -0.2) is 0 Å². The summed E-state index contributed by atoms with van der Waals surface area (Å²) in [5.41, 5.74) is 0.544. The molecule has 1 aromatic rings. The van der Waals surface area contributed by atoms with E-state index in [2.05, 4.69) is 15.9 Å². The average molecular weight is 265 g/mol. The highest BCUT2D eigenvalue weighted by atomic mass is 79.9. The van der Waals surface area contributed by atoms with Gasteiger partial charge < -0.3 is 10.2 Å². The van der Waals surface area contributed by atoms with Gasteiger partial charge in [0.2, 0.25) is 0 Å². The summed E-state index contributed by atoms with van der Waals surface area (Å²) in [4.78, 5) is 10.4. The second-order valence-corrected chi connectivity index (χ2v) is 3.74. The molecule has 0 heterocycles. The van der Waals surface area contributed by atoms with Crippen molar-refractivity contribution in [3.8, 4) is 5.75 Å². The number of halogens is 2. The van der Waals surface area contributed by atoms with E-state index in [-0.39, 0.29) is 17.2 Å². The van der Waals surface area contributed by atoms with Gasteiger partial charge >= 0.3 is 5.97 Å². The van der Waals surface area contributed by atoms with Gasteiger partial charge in [0.25, 0.3) is 0 Å². The SMILES string of the molecule is O=C(O)Cc1cc(Cl)c(O)c(Br)c1. The van der Waals surface area contributed by atoms with Gasteiger partial charge in [-0.1, -0.05) is 11.6 Å². The van der Waals surface area contributed by atoms with Gasteiger partial charge in [-0.3, -0.25) is 4.79 Å². The molecule has 0 bridgehead atoms. The van der Waals surface area contributed by atoms with Crippen LogP contribution in [0.5, 0.6) is 5.75 Å². The molecule has 1 rings (SSSR count). The Hall–Kier alpha value is -0.740. The summed E-state index contributed by atoms with van der Waals surface area (Å²) in [5.74, 6) is -1.01. The lowest BCUT2D eigenvalue weighted by molar-refractivity contribution is -0.136. The van der Waals surface area contributed by atoms with Gasteiger partial charge in [0.1, 0.15) is 5.75 Å². The van der Waals surface area contributed by atoms with E-state index in [9.17, 15) is 9.90 Å². The van der Waals surface area contributed by atoms with Crippen molar-refractivity contribution in [2.75, 3.05) is 0 Å². The van der Waals surface area contributed by atoms with Crippen molar-refractivity contribution >= 4 is 33.5 Å². The monoisotopic (exact) mass is 264 g/mol. The fourth-order valence-electron chi connectivity index (χ4n) is 0.895. The van der Waals surface area contributed by atoms with Crippen LogP contribution in [0.25, 0.3) is 0 Å². The number of hydrogen-bond acceptors (Lipinski definition) is 2. The molecule has 0 spiro atoms. The number of rotatable bonds is 2. The summed E-state index contributed by atoms with van der Waals surface area (Å²) >= 11 is 8.69. The summed E-state index contributed by atoms with van der Waals surface area (Å²) < 4.78 is 0.399. The van der Waals surface area contributed by atoms with Crippen LogP contribution >= 0.6 is 27.5 Å². The number of aliphatic carboxylic acids is 1. The molecule has 0 aliphatic carbocycles. The highest BCUT2D eigenvalue weighted by Gasteiger charge is 2.08. The third-order valence-electron chi connectivity index (χ3n) is 1.43. The maximum absolute atomic E-state index is 10.4. The van der Waals surface area contributed by atoms with E-state index >= 15 is 0 Å². The van der Waals surface area contributed by atoms with Gasteiger partial charge in [0.05, 0.1) is 15.9 Å². The first kappa shape index (κ1) is 10.3. The Morgan fingerprint density at radius 3 is 2.62 bits per heavy atom. The van der Waals surface area contributed by atoms with Crippen molar-refractivity contribution < 1.29 is 15.0 Å². The van der Waals surface area contributed by atoms with Crippen LogP contribution in [-0.2, 0) is 11.2 Å². The molecule has 1 aromatic carbocycles. The summed E-state index contributed by atoms with van der Waals surface area (Å²) in [5, 5.41) is 17.9. The molecule has 0 radical (unpaired) electrons. The molecule has 70 valence electrons. The largest absolute Gasteiger partial charge is 0.505 e. The van der Waals surface area contributed by atoms with Gasteiger partial charge in [0, 0.05) is 0 Å². The Morgan fingerprint density at radius 2 is 2.15 bits per heavy atom. The van der Waals surface area contributed by atoms with Crippen LogP contribution in [0.2, 0.25) is 5.02 Å². The van der Waals surface area contributed by atoms with E-state index in [1.54, 1.807) is 0 Å². The molecule has 0 saturated carbocycles. The molecule has 0 aliphatic rings. The van der Waals surface area contributed by atoms with Crippen LogP contribution in [0.1, 0.15) is 5.56 Å². The fourth-order valence-corrected chi connectivity index (χ4v) is 1.76. The number of carbonyl (C=O) groups is 1. The zero-order chi connectivity index (χ0) is 10.0. The zero-order valence-corrected chi connectivity index (χ0v) is 8.76. The van der Waals surface area contributed by atoms with Crippen LogP contribution in [-0.4, -0.2) is 16.2 Å². The van der Waals surface area contributed by atoms with Gasteiger partial charge in [-0.05, 0) is 33.6 Å². The van der Waals surface area contributed by atoms with E-state index in [0.29, 0.717) is 10.0 Å². The van der Waals surface area contributed by atoms with E-state index in [4.69, 9.17) is 16.7 Å². The second kappa shape index (κ2) is 3.98. The molecule has 0 fully saturated rings. The van der Waals surface area contributed by atoms with Crippen molar-refractivity contribution in [2.24, 2.45) is 0 Å². The van der Waals surface area contributed by atoms with Crippen LogP contribution in [0.3, 0.4) is 0 Å². The van der Waals surface area contributed by atoms with Crippen LogP contribution in [0, 0.1) is 0 Å². The summed E-state index contributed by atoms with van der Waals surface area (Å²) in [6, 6.07) is 2.95. The summed E-state index contributed by atoms with van der Waals surface area (Å²) in [6.45, 7) is 0. The van der Waals surface area contributed by atoms with Gasteiger partial charge in [-0.2, -0.15) is 0 Å². The number of phenolic OH excluding ortho intramolecular Hbond substituents is 1. The minimum atomic E-state index is -0.936. The van der Waals surface area contributed by atoms with Crippen molar-refractivity contribution in [3.05, 3.63) is 27.2 Å². The molecule has 0 unspecified atom stereocenters. The predicted molar refractivity (Wildman–Crippen MR) is 52.2 cm³/mol. The van der Waals surface area contributed by atoms with Crippen molar-refractivity contribution in [3.63, 3.8) is 0 Å². The third-order valence-corrected chi connectivity index (χ3v) is 2.32. The van der Waals surface area contributed by atoms with Crippen LogP contribution in [0.4, 0.5) is 0 Å². The Balaban J connectivity index is 3.06. The minimum absolute atomic E-state index is 0.0733. The Labute approximate surface area is 88.1 Å². The third kappa shape index (κ3) is 2.60. The first-order valence-electron chi connectivity index (χ1n) is 3.39. The normalized spacial score (nSPS) is 10.0. The smallest absolute Gasteiger partial charge is 0.307 e. The molecule has 0 saturated heterocycles. The minimum Gasteiger partial charge on any atom is -0.505 e. The van der Waals surface area contributed by atoms with Crippen molar-refractivity contribution in [2.45, 2.75) is 6.42 Å². The first-order chi connectivity index (χ1) is 6.00. The lowest BCUT2D eigenvalue weighted by atomic mass is 10.1. The second-order valence-electron chi connectivity index (χ2n) is 2.48. The number of benzene rings is 1. The first-order valence-corrected chi connectivity index (χ1v) is 4.56. The standard InChI is InChI=1S/C8H6BrClO3/c9-5-1-4(3-7(11)12)2-6(10)8(5)13/h1-2,13H,3H2,(H,11,12). The lowest BCUT2D eigenvalue weighted by Crippen LogP contribution is -1.99. The molecule has 0 aliphatic heterocycles. The molecule has 0 atom stereocenters. The Bertz CT molecular complexity index is 328. The Morgan fingerprint density at radius 1 is 1.54 bits per heavy atom. The van der Waals surface area contributed by atoms with Crippen molar-refractivity contribution in [1.82, 2.24) is 0 Å². The molecule has 0 amide bonds. The van der Waals surface area contributed by atoms with Crippen LogP contribution < -0.4 is 0 Å². The molecular weight excluding hydrogens is 259 g/mol. The predicted octanol–water partition coefficient (Wildman–Crippen LogP) is 2.44. The molecule has 5 heteroatoms. The number of carboxylic acids is 1. The van der Waals surface area contributed by atoms with E-state index in [0.717, 1.165) is 0 Å². The number of carboxylic acid groups (broad SMARTS) is 1. The van der Waals surface area contributed by atoms with E-state index in [1.165, 1.54) is 12.1 Å². The zero-order valence-electron chi connectivity index (χ0n) is 6.42. The topological polar surface area (TPSA) is 57.5 Å². The molecule has 13 heavy (non-hydrogen) atoms. The molecule has 3 nitrogen and oxygen atoms in total. The molecular formula is C8H6BrClO3. The van der Waals surface area contributed by atoms with Crippen molar-refractivity contribution in [1.29, 1.82) is 0 Å². The van der Waals surface area contributed by atoms with Crippen LogP contribution in [0.15, 0.2) is 16.6 Å². The number of hydrogen-bond donors (Lipinski definition) is 2. The highest BCUT2D eigenvalue weighted by Crippen LogP contribution is 2.33. The maximum Gasteiger partial charge on any atom is 0.307 e.